The number of amides is 1. The van der Waals surface area contributed by atoms with Crippen LogP contribution >= 0.6 is 0 Å². The molecule has 7 heteroatoms. The summed E-state index contributed by atoms with van der Waals surface area (Å²) in [7, 11) is 1.81. The number of rotatable bonds is 4. The van der Waals surface area contributed by atoms with Crippen LogP contribution in [0.15, 0.2) is 18.2 Å². The number of hydrogen-bond donors (Lipinski definition) is 1. The van der Waals surface area contributed by atoms with Crippen molar-refractivity contribution in [1.29, 1.82) is 0 Å². The van der Waals surface area contributed by atoms with Crippen LogP contribution < -0.4 is 10.1 Å². The monoisotopic (exact) mass is 333 g/mol. The second-order valence-electron chi connectivity index (χ2n) is 6.08. The van der Waals surface area contributed by atoms with E-state index in [0.717, 1.165) is 5.69 Å². The summed E-state index contributed by atoms with van der Waals surface area (Å²) in [6.07, 6.45) is 0. The Kier molecular flexibility index (Phi) is 4.53. The third-order valence-corrected chi connectivity index (χ3v) is 3.93. The van der Waals surface area contributed by atoms with Crippen LogP contribution in [0, 0.1) is 5.82 Å². The van der Waals surface area contributed by atoms with Gasteiger partial charge in [-0.25, -0.2) is 4.39 Å². The number of carbonyl (C=O) groups excluding carboxylic acids is 1. The number of benzene rings is 1. The standard InChI is InChI=1S/C17H20FN3O3/c1-10(2)15-6-14(20-21(15)3)17(22)19-7-11-4-13(18)5-12-8-23-9-24-16(11)12/h4-6,10H,7-9H2,1-3H3,(H,19,22). The van der Waals surface area contributed by atoms with Crippen molar-refractivity contribution in [3.05, 3.63) is 46.5 Å². The molecule has 0 unspecified atom stereocenters. The molecule has 1 aromatic heterocycles. The van der Waals surface area contributed by atoms with E-state index in [1.165, 1.54) is 12.1 Å². The van der Waals surface area contributed by atoms with Gasteiger partial charge in [-0.05, 0) is 24.1 Å². The van der Waals surface area contributed by atoms with Crippen LogP contribution in [0.5, 0.6) is 5.75 Å². The van der Waals surface area contributed by atoms with Gasteiger partial charge in [0.25, 0.3) is 5.91 Å². The van der Waals surface area contributed by atoms with Crippen molar-refractivity contribution in [2.75, 3.05) is 6.79 Å². The predicted molar refractivity (Wildman–Crippen MR) is 85.2 cm³/mol. The van der Waals surface area contributed by atoms with Gasteiger partial charge in [0.15, 0.2) is 6.79 Å². The molecule has 0 radical (unpaired) electrons. The highest BCUT2D eigenvalue weighted by molar-refractivity contribution is 5.92. The number of aromatic nitrogens is 2. The molecule has 0 saturated carbocycles. The average molecular weight is 333 g/mol. The number of nitrogens with one attached hydrogen (secondary N) is 1. The van der Waals surface area contributed by atoms with Crippen LogP contribution in [0.3, 0.4) is 0 Å². The minimum Gasteiger partial charge on any atom is -0.467 e. The van der Waals surface area contributed by atoms with Gasteiger partial charge in [-0.2, -0.15) is 5.10 Å². The van der Waals surface area contributed by atoms with E-state index >= 15 is 0 Å². The van der Waals surface area contributed by atoms with Crippen LogP contribution in [-0.2, 0) is 24.9 Å². The number of ether oxygens (including phenoxy) is 2. The van der Waals surface area contributed by atoms with Crippen LogP contribution in [0.1, 0.15) is 47.1 Å². The van der Waals surface area contributed by atoms with E-state index in [0.29, 0.717) is 29.2 Å². The van der Waals surface area contributed by atoms with Gasteiger partial charge in [-0.3, -0.25) is 9.48 Å². The largest absolute Gasteiger partial charge is 0.467 e. The van der Waals surface area contributed by atoms with Gasteiger partial charge in [0, 0.05) is 30.4 Å². The van der Waals surface area contributed by atoms with E-state index in [4.69, 9.17) is 9.47 Å². The van der Waals surface area contributed by atoms with E-state index in [1.54, 1.807) is 10.7 Å². The molecule has 24 heavy (non-hydrogen) atoms. The average Bonchev–Trinajstić information content (AvgIpc) is 2.94. The highest BCUT2D eigenvalue weighted by Gasteiger charge is 2.19. The molecule has 128 valence electrons. The highest BCUT2D eigenvalue weighted by atomic mass is 19.1. The fourth-order valence-corrected chi connectivity index (χ4v) is 2.79. The first-order valence-corrected chi connectivity index (χ1v) is 7.79. The quantitative estimate of drug-likeness (QED) is 0.933. The first kappa shape index (κ1) is 16.4. The lowest BCUT2D eigenvalue weighted by Gasteiger charge is -2.20. The summed E-state index contributed by atoms with van der Waals surface area (Å²) >= 11 is 0. The molecule has 1 aromatic carbocycles. The van der Waals surface area contributed by atoms with Crippen molar-refractivity contribution in [2.24, 2.45) is 7.05 Å². The zero-order valence-corrected chi connectivity index (χ0v) is 13.9. The summed E-state index contributed by atoms with van der Waals surface area (Å²) in [5, 5.41) is 7.00. The van der Waals surface area contributed by atoms with Crippen molar-refractivity contribution in [2.45, 2.75) is 32.9 Å². The zero-order chi connectivity index (χ0) is 17.3. The second kappa shape index (κ2) is 6.60. The molecule has 0 spiro atoms. The van der Waals surface area contributed by atoms with E-state index in [2.05, 4.69) is 10.4 Å². The minimum atomic E-state index is -0.382. The first-order chi connectivity index (χ1) is 11.5. The van der Waals surface area contributed by atoms with Crippen LogP contribution in [0.4, 0.5) is 4.39 Å². The summed E-state index contributed by atoms with van der Waals surface area (Å²) < 4.78 is 26.0. The molecule has 0 fully saturated rings. The molecule has 1 aliphatic rings. The molecule has 2 heterocycles. The van der Waals surface area contributed by atoms with E-state index in [9.17, 15) is 9.18 Å². The van der Waals surface area contributed by atoms with Gasteiger partial charge in [0.1, 0.15) is 17.3 Å². The van der Waals surface area contributed by atoms with Gasteiger partial charge in [0.05, 0.1) is 6.61 Å². The fraction of sp³-hybridized carbons (Fsp3) is 0.412. The number of hydrogen-bond acceptors (Lipinski definition) is 4. The number of fused-ring (bicyclic) bond motifs is 1. The van der Waals surface area contributed by atoms with Gasteiger partial charge < -0.3 is 14.8 Å². The van der Waals surface area contributed by atoms with Gasteiger partial charge in [-0.1, -0.05) is 13.8 Å². The molecule has 1 amide bonds. The Morgan fingerprint density at radius 2 is 2.21 bits per heavy atom. The third kappa shape index (κ3) is 3.26. The molecule has 0 saturated heterocycles. The Morgan fingerprint density at radius 1 is 1.42 bits per heavy atom. The molecule has 0 bridgehead atoms. The van der Waals surface area contributed by atoms with Gasteiger partial charge >= 0.3 is 0 Å². The minimum absolute atomic E-state index is 0.123. The highest BCUT2D eigenvalue weighted by Crippen LogP contribution is 2.29. The summed E-state index contributed by atoms with van der Waals surface area (Å²) in [6, 6.07) is 4.52. The summed E-state index contributed by atoms with van der Waals surface area (Å²) in [5.74, 6) is 0.161. The van der Waals surface area contributed by atoms with Crippen LogP contribution in [0.25, 0.3) is 0 Å². The van der Waals surface area contributed by atoms with Crippen molar-refractivity contribution >= 4 is 5.91 Å². The fourth-order valence-electron chi connectivity index (χ4n) is 2.79. The number of halogens is 1. The summed E-state index contributed by atoms with van der Waals surface area (Å²) in [4.78, 5) is 12.3. The van der Waals surface area contributed by atoms with Gasteiger partial charge in [-0.15, -0.1) is 0 Å². The molecule has 0 aliphatic carbocycles. The van der Waals surface area contributed by atoms with Crippen molar-refractivity contribution in [3.8, 4) is 5.75 Å². The summed E-state index contributed by atoms with van der Waals surface area (Å²) in [5.41, 5.74) is 2.55. The van der Waals surface area contributed by atoms with Gasteiger partial charge in [0.2, 0.25) is 0 Å². The Balaban J connectivity index is 1.75. The Hall–Kier alpha value is -2.41. The zero-order valence-electron chi connectivity index (χ0n) is 13.9. The normalized spacial score (nSPS) is 13.5. The molecule has 0 atom stereocenters. The Labute approximate surface area is 139 Å². The number of nitrogens with zero attached hydrogens (tertiary/aromatic N) is 2. The number of carbonyl (C=O) groups is 1. The Bertz CT molecular complexity index is 771. The van der Waals surface area contributed by atoms with Crippen LogP contribution in [-0.4, -0.2) is 22.5 Å². The molecule has 6 nitrogen and oxygen atoms in total. The summed E-state index contributed by atoms with van der Waals surface area (Å²) in [6.45, 7) is 4.66. The van der Waals surface area contributed by atoms with Crippen molar-refractivity contribution in [3.63, 3.8) is 0 Å². The Morgan fingerprint density at radius 3 is 2.92 bits per heavy atom. The van der Waals surface area contributed by atoms with E-state index in [-0.39, 0.29) is 31.0 Å². The smallest absolute Gasteiger partial charge is 0.272 e. The van der Waals surface area contributed by atoms with Crippen molar-refractivity contribution in [1.82, 2.24) is 15.1 Å². The SMILES string of the molecule is CC(C)c1cc(C(=O)NCc2cc(F)cc3c2OCOC3)nn1C. The number of aryl methyl sites for hydroxylation is 1. The molecular weight excluding hydrogens is 313 g/mol. The molecule has 3 rings (SSSR count). The maximum atomic E-state index is 13.7. The lowest BCUT2D eigenvalue weighted by molar-refractivity contribution is -0.0173. The predicted octanol–water partition coefficient (Wildman–Crippen LogP) is 2.48. The topological polar surface area (TPSA) is 65.4 Å². The maximum absolute atomic E-state index is 13.7. The second-order valence-corrected chi connectivity index (χ2v) is 6.08. The lowest BCUT2D eigenvalue weighted by Crippen LogP contribution is -2.24. The molecular formula is C17H20FN3O3. The van der Waals surface area contributed by atoms with E-state index < -0.39 is 0 Å². The molecule has 1 aliphatic heterocycles. The molecule has 2 aromatic rings. The maximum Gasteiger partial charge on any atom is 0.272 e. The van der Waals surface area contributed by atoms with Crippen molar-refractivity contribution < 1.29 is 18.7 Å². The van der Waals surface area contributed by atoms with Crippen LogP contribution in [0.2, 0.25) is 0 Å². The molecule has 1 N–H and O–H groups in total. The lowest BCUT2D eigenvalue weighted by atomic mass is 10.1. The van der Waals surface area contributed by atoms with E-state index in [1.807, 2.05) is 20.9 Å². The third-order valence-electron chi connectivity index (χ3n) is 3.93. The first-order valence-electron chi connectivity index (χ1n) is 7.79.